The maximum Gasteiger partial charge on any atom is 0.292 e. The number of nitrogens with two attached hydrogens (primary N) is 1. The number of hydrogen-bond acceptors (Lipinski definition) is 4. The summed E-state index contributed by atoms with van der Waals surface area (Å²) in [5.41, 5.74) is 7.47. The molecule has 2 N–H and O–H groups in total. The Kier molecular flexibility index (Phi) is 2.69. The second-order valence-corrected chi connectivity index (χ2v) is 3.19. The molecule has 0 bridgehead atoms. The van der Waals surface area contributed by atoms with Gasteiger partial charge in [0, 0.05) is 12.7 Å². The van der Waals surface area contributed by atoms with Gasteiger partial charge in [-0.2, -0.15) is 0 Å². The fourth-order valence-electron chi connectivity index (χ4n) is 1.35. The molecule has 1 aromatic carbocycles. The van der Waals surface area contributed by atoms with Gasteiger partial charge in [0.25, 0.3) is 6.01 Å². The lowest BCUT2D eigenvalue weighted by atomic mass is 10.1. The number of rotatable bonds is 3. The van der Waals surface area contributed by atoms with Gasteiger partial charge < -0.3 is 14.9 Å². The van der Waals surface area contributed by atoms with Crippen molar-refractivity contribution in [3.63, 3.8) is 0 Å². The van der Waals surface area contributed by atoms with E-state index in [0.717, 1.165) is 11.1 Å². The van der Waals surface area contributed by atoms with Gasteiger partial charge in [0.15, 0.2) is 5.76 Å². The van der Waals surface area contributed by atoms with E-state index in [4.69, 9.17) is 14.9 Å². The summed E-state index contributed by atoms with van der Waals surface area (Å²) < 4.78 is 10.2. The van der Waals surface area contributed by atoms with Crippen LogP contribution in [0.15, 0.2) is 34.9 Å². The molecule has 4 heteroatoms. The quantitative estimate of drug-likeness (QED) is 0.831. The Bertz CT molecular complexity index is 434. The molecule has 0 saturated carbocycles. The predicted octanol–water partition coefficient (Wildman–Crippen LogP) is 2.07. The van der Waals surface area contributed by atoms with E-state index in [-0.39, 0.29) is 6.01 Å². The second-order valence-electron chi connectivity index (χ2n) is 3.19. The first-order valence-corrected chi connectivity index (χ1v) is 4.59. The third-order valence-electron chi connectivity index (χ3n) is 2.07. The molecule has 0 saturated heterocycles. The minimum absolute atomic E-state index is 0.186. The Balaban J connectivity index is 2.23. The number of ether oxygens (including phenoxy) is 1. The zero-order valence-corrected chi connectivity index (χ0v) is 8.43. The smallest absolute Gasteiger partial charge is 0.292 e. The van der Waals surface area contributed by atoms with E-state index in [1.165, 1.54) is 0 Å². The number of nitrogens with zero attached hydrogens (tertiary/aromatic N) is 1. The van der Waals surface area contributed by atoms with Crippen LogP contribution in [0.3, 0.4) is 0 Å². The van der Waals surface area contributed by atoms with Crippen molar-refractivity contribution >= 4 is 6.01 Å². The van der Waals surface area contributed by atoms with Gasteiger partial charge in [0.05, 0.1) is 12.8 Å². The van der Waals surface area contributed by atoms with Gasteiger partial charge in [-0.1, -0.05) is 24.3 Å². The molecule has 0 radical (unpaired) electrons. The van der Waals surface area contributed by atoms with Crippen LogP contribution < -0.4 is 5.73 Å². The van der Waals surface area contributed by atoms with E-state index < -0.39 is 0 Å². The van der Waals surface area contributed by atoms with Crippen molar-refractivity contribution in [1.29, 1.82) is 0 Å². The number of nitrogen functional groups attached to an aromatic ring is 1. The summed E-state index contributed by atoms with van der Waals surface area (Å²) in [6, 6.07) is 8.06. The minimum atomic E-state index is 0.186. The van der Waals surface area contributed by atoms with Gasteiger partial charge >= 0.3 is 0 Å². The molecular formula is C11H12N2O2. The fourth-order valence-corrected chi connectivity index (χ4v) is 1.35. The molecule has 15 heavy (non-hydrogen) atoms. The van der Waals surface area contributed by atoms with Crippen molar-refractivity contribution in [3.05, 3.63) is 36.0 Å². The van der Waals surface area contributed by atoms with E-state index in [2.05, 4.69) is 4.98 Å². The number of methoxy groups -OCH3 is 1. The Morgan fingerprint density at radius 1 is 1.33 bits per heavy atom. The molecule has 78 valence electrons. The molecule has 1 aromatic heterocycles. The third kappa shape index (κ3) is 2.16. The van der Waals surface area contributed by atoms with E-state index in [1.54, 1.807) is 13.3 Å². The molecule has 0 atom stereocenters. The Hall–Kier alpha value is -1.81. The van der Waals surface area contributed by atoms with Gasteiger partial charge in [-0.15, -0.1) is 0 Å². The molecule has 4 nitrogen and oxygen atoms in total. The molecular weight excluding hydrogens is 192 g/mol. The Morgan fingerprint density at radius 2 is 2.07 bits per heavy atom. The van der Waals surface area contributed by atoms with Crippen molar-refractivity contribution in [2.45, 2.75) is 6.61 Å². The highest BCUT2D eigenvalue weighted by Crippen LogP contribution is 2.21. The monoisotopic (exact) mass is 204 g/mol. The van der Waals surface area contributed by atoms with E-state index in [0.29, 0.717) is 12.4 Å². The largest absolute Gasteiger partial charge is 0.424 e. The first kappa shape index (κ1) is 9.73. The SMILES string of the molecule is COCc1ccc(-c2cnc(N)o2)cc1. The number of anilines is 1. The summed E-state index contributed by atoms with van der Waals surface area (Å²) in [5, 5.41) is 0. The van der Waals surface area contributed by atoms with E-state index in [1.807, 2.05) is 24.3 Å². The highest BCUT2D eigenvalue weighted by molar-refractivity contribution is 5.57. The molecule has 0 fully saturated rings. The minimum Gasteiger partial charge on any atom is -0.424 e. The summed E-state index contributed by atoms with van der Waals surface area (Å²) in [6.07, 6.45) is 1.61. The fraction of sp³-hybridized carbons (Fsp3) is 0.182. The standard InChI is InChI=1S/C11H12N2O2/c1-14-7-8-2-4-9(5-3-8)10-6-13-11(12)15-10/h2-6H,7H2,1H3,(H2,12,13). The zero-order chi connectivity index (χ0) is 10.7. The van der Waals surface area contributed by atoms with Gasteiger partial charge in [0.2, 0.25) is 0 Å². The van der Waals surface area contributed by atoms with Crippen LogP contribution in [0.4, 0.5) is 6.01 Å². The van der Waals surface area contributed by atoms with Crippen LogP contribution >= 0.6 is 0 Å². The summed E-state index contributed by atoms with van der Waals surface area (Å²) in [4.78, 5) is 3.84. The molecule has 0 spiro atoms. The van der Waals surface area contributed by atoms with Crippen LogP contribution in [0.5, 0.6) is 0 Å². The highest BCUT2D eigenvalue weighted by atomic mass is 16.5. The first-order chi connectivity index (χ1) is 7.29. The van der Waals surface area contributed by atoms with Crippen LogP contribution in [0.1, 0.15) is 5.56 Å². The van der Waals surface area contributed by atoms with Crippen LogP contribution in [-0.4, -0.2) is 12.1 Å². The second kappa shape index (κ2) is 4.14. The van der Waals surface area contributed by atoms with E-state index in [9.17, 15) is 0 Å². The van der Waals surface area contributed by atoms with Gasteiger partial charge in [-0.05, 0) is 5.56 Å². The summed E-state index contributed by atoms with van der Waals surface area (Å²) in [7, 11) is 1.67. The maximum atomic E-state index is 5.40. The highest BCUT2D eigenvalue weighted by Gasteiger charge is 2.03. The summed E-state index contributed by atoms with van der Waals surface area (Å²) in [6.45, 7) is 0.610. The molecule has 0 aliphatic heterocycles. The number of hydrogen-bond donors (Lipinski definition) is 1. The van der Waals surface area contributed by atoms with Crippen LogP contribution in [0.2, 0.25) is 0 Å². The Labute approximate surface area is 87.7 Å². The normalized spacial score (nSPS) is 10.5. The average molecular weight is 204 g/mol. The van der Waals surface area contributed by atoms with E-state index >= 15 is 0 Å². The number of aromatic nitrogens is 1. The number of benzene rings is 1. The summed E-state index contributed by atoms with van der Waals surface area (Å²) in [5.74, 6) is 0.677. The maximum absolute atomic E-state index is 5.40. The van der Waals surface area contributed by atoms with Crippen molar-refractivity contribution in [2.24, 2.45) is 0 Å². The van der Waals surface area contributed by atoms with Crippen molar-refractivity contribution in [3.8, 4) is 11.3 Å². The topological polar surface area (TPSA) is 61.3 Å². The molecule has 0 amide bonds. The lowest BCUT2D eigenvalue weighted by molar-refractivity contribution is 0.185. The van der Waals surface area contributed by atoms with Crippen LogP contribution in [-0.2, 0) is 11.3 Å². The first-order valence-electron chi connectivity index (χ1n) is 4.59. The zero-order valence-electron chi connectivity index (χ0n) is 8.43. The van der Waals surface area contributed by atoms with Crippen LogP contribution in [0.25, 0.3) is 11.3 Å². The molecule has 0 aliphatic rings. The molecule has 2 aromatic rings. The van der Waals surface area contributed by atoms with Crippen molar-refractivity contribution in [1.82, 2.24) is 4.98 Å². The van der Waals surface area contributed by atoms with Gasteiger partial charge in [-0.25, -0.2) is 4.98 Å². The van der Waals surface area contributed by atoms with Gasteiger partial charge in [0.1, 0.15) is 0 Å². The van der Waals surface area contributed by atoms with Crippen LogP contribution in [0, 0.1) is 0 Å². The molecule has 0 unspecified atom stereocenters. The summed E-state index contributed by atoms with van der Waals surface area (Å²) >= 11 is 0. The molecule has 0 aliphatic carbocycles. The predicted molar refractivity (Wildman–Crippen MR) is 57.1 cm³/mol. The average Bonchev–Trinajstić information content (AvgIpc) is 2.67. The van der Waals surface area contributed by atoms with Crippen molar-refractivity contribution in [2.75, 3.05) is 12.8 Å². The van der Waals surface area contributed by atoms with Gasteiger partial charge in [-0.3, -0.25) is 0 Å². The Morgan fingerprint density at radius 3 is 2.60 bits per heavy atom. The molecule has 1 heterocycles. The molecule has 2 rings (SSSR count). The lowest BCUT2D eigenvalue weighted by Crippen LogP contribution is -1.86. The lowest BCUT2D eigenvalue weighted by Gasteiger charge is -2.00. The van der Waals surface area contributed by atoms with Crippen molar-refractivity contribution < 1.29 is 9.15 Å². The third-order valence-corrected chi connectivity index (χ3v) is 2.07. The number of oxazole rings is 1.